The van der Waals surface area contributed by atoms with Crippen molar-refractivity contribution in [3.05, 3.63) is 237 Å². The highest BCUT2D eigenvalue weighted by Gasteiger charge is 2.24. The molecule has 0 radical (unpaired) electrons. The van der Waals surface area contributed by atoms with Crippen LogP contribution in [0.3, 0.4) is 0 Å². The Labute approximate surface area is 845 Å². The highest BCUT2D eigenvalue weighted by Crippen LogP contribution is 2.31. The van der Waals surface area contributed by atoms with Gasteiger partial charge in [-0.15, -0.1) is 10.2 Å². The molecule has 21 aromatic rings. The number of nitrogens with one attached hydrogen (secondary N) is 3. The zero-order chi connectivity index (χ0) is 107. The van der Waals surface area contributed by atoms with E-state index in [1.165, 1.54) is 16.4 Å². The number of hydrogen-bond acceptors (Lipinski definition) is 32. The first kappa shape index (κ1) is 108. The number of nitrogens with zero attached hydrogens (tertiary/aromatic N) is 32. The molecule has 0 saturated carbocycles. The fourth-order valence-corrected chi connectivity index (χ4v) is 15.2. The number of ketones is 1. The third-order valence-electron chi connectivity index (χ3n) is 23.0. The topological polar surface area (TPSA) is 620 Å². The van der Waals surface area contributed by atoms with E-state index in [0.717, 1.165) is 72.9 Å². The summed E-state index contributed by atoms with van der Waals surface area (Å²) in [5, 5.41) is 33.7. The van der Waals surface area contributed by atoms with Gasteiger partial charge in [0.15, 0.2) is 79.2 Å². The lowest BCUT2D eigenvalue weighted by atomic mass is 10.1. The van der Waals surface area contributed by atoms with Gasteiger partial charge in [-0.05, 0) is 202 Å². The van der Waals surface area contributed by atoms with Crippen molar-refractivity contribution in [2.75, 3.05) is 40.1 Å². The minimum Gasteiger partial charge on any atom is -0.398 e. The molecular weight excluding hydrogens is 1870 g/mol. The van der Waals surface area contributed by atoms with Crippen molar-refractivity contribution in [3.63, 3.8) is 0 Å². The van der Waals surface area contributed by atoms with Crippen LogP contribution in [0.4, 0.5) is 50.2 Å². The number of pyridine rings is 4. The molecule has 17 N–H and O–H groups in total. The Morgan fingerprint density at radius 2 is 0.837 bits per heavy atom. The molecule has 0 aliphatic carbocycles. The molecule has 0 saturated heterocycles. The molecule has 1 aliphatic heterocycles. The first-order chi connectivity index (χ1) is 69.8. The Morgan fingerprint density at radius 3 is 1.44 bits per heavy atom. The first-order valence-corrected chi connectivity index (χ1v) is 48.1. The van der Waals surface area contributed by atoms with Gasteiger partial charge in [-0.2, -0.15) is 29.4 Å². The quantitative estimate of drug-likeness (QED) is 0.0575. The number of aromatic nitrogens is 34. The predicted octanol–water partition coefficient (Wildman–Crippen LogP) is 16.0. The van der Waals surface area contributed by atoms with Crippen LogP contribution >= 0.6 is 0 Å². The third-order valence-corrected chi connectivity index (χ3v) is 23.0. The Morgan fingerprint density at radius 1 is 0.354 bits per heavy atom. The fraction of sp³-hybridized carbons (Fsp3) is 0.370. The highest BCUT2D eigenvalue weighted by molar-refractivity contribution is 6.08. The molecule has 1 aliphatic rings. The number of carbonyl (C=O) groups excluding carboxylic acids is 1. The second-order valence-electron chi connectivity index (χ2n) is 37.8. The lowest BCUT2D eigenvalue weighted by molar-refractivity contribution is 0.0996. The van der Waals surface area contributed by atoms with Crippen LogP contribution in [-0.2, 0) is 0 Å². The van der Waals surface area contributed by atoms with E-state index in [1.54, 1.807) is 149 Å². The van der Waals surface area contributed by atoms with E-state index in [4.69, 9.17) is 40.1 Å². The molecule has 772 valence electrons. The van der Waals surface area contributed by atoms with Crippen LogP contribution in [0, 0.1) is 26.6 Å². The van der Waals surface area contributed by atoms with Crippen LogP contribution in [0.15, 0.2) is 173 Å². The van der Waals surface area contributed by atoms with Gasteiger partial charge in [-0.1, -0.05) is 65.8 Å². The van der Waals surface area contributed by atoms with Crippen molar-refractivity contribution in [3.8, 4) is 0 Å². The maximum Gasteiger partial charge on any atom is 0.349 e. The Hall–Kier alpha value is -17.5. The van der Waals surface area contributed by atoms with Crippen molar-refractivity contribution in [2.24, 2.45) is 4.99 Å². The second-order valence-corrected chi connectivity index (χ2v) is 37.8. The van der Waals surface area contributed by atoms with E-state index in [1.807, 2.05) is 130 Å². The average molecular weight is 2000 g/mol. The molecule has 0 unspecified atom stereocenters. The molecule has 0 aromatic carbocycles. The van der Waals surface area contributed by atoms with Gasteiger partial charge in [0.2, 0.25) is 0 Å². The summed E-state index contributed by atoms with van der Waals surface area (Å²) in [6, 6.07) is 20.2. The predicted molar refractivity (Wildman–Crippen MR) is 575 cm³/mol. The third kappa shape index (κ3) is 24.7. The summed E-state index contributed by atoms with van der Waals surface area (Å²) < 4.78 is 33.2. The normalized spacial score (nSPS) is 11.7. The number of halogens is 1. The number of aliphatic imine (C=N–C) groups is 1. The molecule has 46 nitrogen and oxygen atoms in total. The lowest BCUT2D eigenvalue weighted by Crippen LogP contribution is -2.19. The number of imidazole rings is 4. The molecule has 0 bridgehead atoms. The molecule has 47 heteroatoms. The molecular formula is C100H131FN42O4. The van der Waals surface area contributed by atoms with E-state index in [9.17, 15) is 23.6 Å². The number of nitrogen functional groups attached to an aromatic ring is 7. The molecule has 147 heavy (non-hydrogen) atoms. The van der Waals surface area contributed by atoms with Gasteiger partial charge in [0, 0.05) is 126 Å². The standard InChI is InChI=1S/C10H12FN3.2C10H13N3.2C9H12N4O.3C9H12N4.C9H11N3O.C8H11N5O.C8H11N5/c1-6(2)14-5-7(11)9-8(12)3-4-13-10(9)14;1-7(2)13-6-4-8-9(11)3-5-12-10(8)13;1-7(2)9-3-4-10-8(11)5-6-12-13(9)10;1-5(2)13-4-10-7-8(13)11-6(3)12-9(7)14;1-5(2)7-4-10-13-8(7)11-6(3)12-9(13)14;1-6(2)7-5-12-13-8(10)3-4-11-9(7)13;1-6(2)13-5-12-8-7(10)3-4-11-9(8)13;1-6(2)8-5-11-9-7(10)3-4-12-13(8)9;1-6(2)12-5-11-8-7(13)3-4-10-9(8)12;1-4(2)13-7-6(11-12-13)8(14)10-5(3)9-7;1-5(2)13-8-7(11-12-13)6(9)3-4-10-8/h3-6H,1-2H3,(H2,12,13);3-7H,1-2H3,(H2,11,12);3-7H,11H2,1-2H3;2*4-5H,1-3H3,(H,11,12,14);3-6H,10H2,1-2H3;3-6H,1-2H3,(H2,10,11);3-6H,10H2,1-2H3;4-6H,3H2,1-2H3;4H,1-3H3,(H,9,10,14);3-5H,1-2H3,(H2,9,10). The maximum absolute atomic E-state index is 13.5. The molecule has 21 aromatic heterocycles. The number of rotatable bonds is 11. The summed E-state index contributed by atoms with van der Waals surface area (Å²) in [4.78, 5) is 108. The number of nitrogens with two attached hydrogens (primary N) is 7. The summed E-state index contributed by atoms with van der Waals surface area (Å²) in [6.45, 7) is 50.6. The fourth-order valence-electron chi connectivity index (χ4n) is 15.2. The largest absolute Gasteiger partial charge is 0.398 e. The maximum atomic E-state index is 13.5. The number of aryl methyl sites for hydroxylation is 3. The van der Waals surface area contributed by atoms with Gasteiger partial charge >= 0.3 is 5.69 Å². The number of aromatic amines is 3. The van der Waals surface area contributed by atoms with Crippen molar-refractivity contribution in [1.29, 1.82) is 0 Å². The van der Waals surface area contributed by atoms with E-state index < -0.39 is 0 Å². The van der Waals surface area contributed by atoms with E-state index >= 15 is 0 Å². The van der Waals surface area contributed by atoms with E-state index in [2.05, 4.69) is 214 Å². The number of Topliss-reactive ketones (excluding diaryl/α,β-unsaturated/α-hetero) is 1. The Kier molecular flexibility index (Phi) is 34.8. The van der Waals surface area contributed by atoms with Gasteiger partial charge in [0.05, 0.1) is 95.2 Å². The van der Waals surface area contributed by atoms with Crippen molar-refractivity contribution in [1.82, 2.24) is 166 Å². The summed E-state index contributed by atoms with van der Waals surface area (Å²) in [6.07, 6.45) is 27.8. The minimum atomic E-state index is -0.306. The number of H-pyrrole nitrogens is 3. The zero-order valence-electron chi connectivity index (χ0n) is 87.4. The van der Waals surface area contributed by atoms with Gasteiger partial charge < -0.3 is 72.9 Å². The smallest absolute Gasteiger partial charge is 0.349 e. The van der Waals surface area contributed by atoms with Crippen LogP contribution in [0.1, 0.15) is 275 Å². The first-order valence-electron chi connectivity index (χ1n) is 48.1. The molecule has 0 atom stereocenters. The van der Waals surface area contributed by atoms with Gasteiger partial charge in [-0.25, -0.2) is 92.4 Å². The molecule has 0 fully saturated rings. The van der Waals surface area contributed by atoms with Crippen molar-refractivity contribution in [2.45, 2.75) is 245 Å². The minimum absolute atomic E-state index is 0.0596. The molecule has 0 spiro atoms. The number of anilines is 7. The summed E-state index contributed by atoms with van der Waals surface area (Å²) in [5.41, 5.74) is 58.3. The highest BCUT2D eigenvalue weighted by atomic mass is 19.1. The van der Waals surface area contributed by atoms with E-state index in [0.29, 0.717) is 150 Å². The van der Waals surface area contributed by atoms with Crippen molar-refractivity contribution >= 4 is 147 Å². The number of fused-ring (bicyclic) bond motifs is 11. The van der Waals surface area contributed by atoms with Crippen molar-refractivity contribution < 1.29 is 9.18 Å². The lowest BCUT2D eigenvalue weighted by Gasteiger charge is -2.10. The van der Waals surface area contributed by atoms with Crippen LogP contribution in [0.25, 0.3) is 89.2 Å². The summed E-state index contributed by atoms with van der Waals surface area (Å²) in [7, 11) is 0. The van der Waals surface area contributed by atoms with E-state index in [-0.39, 0.29) is 52.6 Å². The Balaban J connectivity index is 0.000000144. The number of carbonyl (C=O) groups is 1. The molecule has 22 rings (SSSR count). The SMILES string of the molecule is CC(C)c1ccc2c(N)ccnn12.CC(C)c1cnc2c(N)ccnn12.CC(C)c1cnn2c(N)ccnc12.CC(C)n1cc(F)c2c(N)ccnc21.CC(C)n1ccc2c(N)ccnc21.CC(C)n1cnc2c(N)ccnc21.CC(C)n1cnc2c1N=CCC2=O.CC(C)n1nnc2c(N)ccnc21.Cc1nc2c(C(C)C)cnn2c(=O)[nH]1.Cc1nc2c(ncn2C(C)C)c(=O)[nH]1.Cc1nc2c(nnn2C(C)C)c(=O)[nH]1. The Bertz CT molecular complexity index is 7450. The van der Waals surface area contributed by atoms with Gasteiger partial charge in [-0.3, -0.25) is 19.4 Å². The summed E-state index contributed by atoms with van der Waals surface area (Å²) in [5.74, 6) is 4.50. The van der Waals surface area contributed by atoms with Crippen LogP contribution in [0.2, 0.25) is 0 Å². The van der Waals surface area contributed by atoms with Gasteiger partial charge in [0.1, 0.15) is 40.1 Å². The zero-order valence-corrected chi connectivity index (χ0v) is 87.4. The average Bonchev–Trinajstić information content (AvgIpc) is 1.63. The van der Waals surface area contributed by atoms with Gasteiger partial charge in [0.25, 0.3) is 11.1 Å². The monoisotopic (exact) mass is 2000 g/mol. The second kappa shape index (κ2) is 47.2. The van der Waals surface area contributed by atoms with Crippen LogP contribution < -0.4 is 56.9 Å². The number of hydrogen-bond donors (Lipinski definition) is 10. The van der Waals surface area contributed by atoms with Crippen LogP contribution in [0.5, 0.6) is 0 Å². The van der Waals surface area contributed by atoms with Crippen LogP contribution in [-0.4, -0.2) is 178 Å². The molecule has 22 heterocycles. The molecule has 0 amide bonds. The summed E-state index contributed by atoms with van der Waals surface area (Å²) >= 11 is 0.